The summed E-state index contributed by atoms with van der Waals surface area (Å²) in [5, 5.41) is 1.13. The normalized spacial score (nSPS) is 11.4. The molecule has 0 aliphatic rings. The number of nitrogens with two attached hydrogens (primary N) is 1. The van der Waals surface area contributed by atoms with Crippen molar-refractivity contribution < 1.29 is 0 Å². The molecular formula is C10H13N3S. The van der Waals surface area contributed by atoms with E-state index in [1.165, 1.54) is 4.70 Å². The van der Waals surface area contributed by atoms with Crippen LogP contribution in [0.25, 0.3) is 10.2 Å². The van der Waals surface area contributed by atoms with Crippen LogP contribution in [0.4, 0.5) is 5.69 Å². The second kappa shape index (κ2) is 3.55. The Labute approximate surface area is 87.2 Å². The Kier molecular flexibility index (Phi) is 2.39. The van der Waals surface area contributed by atoms with E-state index in [1.54, 1.807) is 11.3 Å². The molecule has 0 aliphatic heterocycles. The predicted molar refractivity (Wildman–Crippen MR) is 61.4 cm³/mol. The zero-order chi connectivity index (χ0) is 10.1. The van der Waals surface area contributed by atoms with Gasteiger partial charge >= 0.3 is 0 Å². The highest BCUT2D eigenvalue weighted by Gasteiger charge is 2.04. The first-order valence-corrected chi connectivity index (χ1v) is 5.26. The van der Waals surface area contributed by atoms with E-state index in [1.807, 2.05) is 32.3 Å². The lowest BCUT2D eigenvalue weighted by atomic mass is 10.3. The van der Waals surface area contributed by atoms with Crippen LogP contribution < -0.4 is 5.73 Å². The molecule has 0 saturated carbocycles. The van der Waals surface area contributed by atoms with Crippen LogP contribution in [0.3, 0.4) is 0 Å². The number of fused-ring (bicyclic) bond motifs is 1. The molecule has 0 bridgehead atoms. The Balaban J connectivity index is 2.41. The molecule has 1 aromatic carbocycles. The Morgan fingerprint density at radius 2 is 2.21 bits per heavy atom. The van der Waals surface area contributed by atoms with Gasteiger partial charge in [-0.05, 0) is 32.3 Å². The van der Waals surface area contributed by atoms with Gasteiger partial charge < -0.3 is 10.6 Å². The van der Waals surface area contributed by atoms with Gasteiger partial charge in [0.25, 0.3) is 0 Å². The van der Waals surface area contributed by atoms with Gasteiger partial charge in [0.1, 0.15) is 5.01 Å². The quantitative estimate of drug-likeness (QED) is 0.765. The van der Waals surface area contributed by atoms with E-state index in [4.69, 9.17) is 5.73 Å². The van der Waals surface area contributed by atoms with Gasteiger partial charge in [-0.25, -0.2) is 4.98 Å². The van der Waals surface area contributed by atoms with Crippen LogP contribution >= 0.6 is 11.3 Å². The predicted octanol–water partition coefficient (Wildman–Crippen LogP) is 1.94. The average Bonchev–Trinajstić information content (AvgIpc) is 2.44. The van der Waals surface area contributed by atoms with Crippen LogP contribution in [0.5, 0.6) is 0 Å². The molecule has 0 fully saturated rings. The lowest BCUT2D eigenvalue weighted by molar-refractivity contribution is 0.402. The van der Waals surface area contributed by atoms with Crippen LogP contribution in [0.15, 0.2) is 18.2 Å². The smallest absolute Gasteiger partial charge is 0.108 e. The summed E-state index contributed by atoms with van der Waals surface area (Å²) in [5.74, 6) is 0. The van der Waals surface area contributed by atoms with E-state index in [2.05, 4.69) is 9.88 Å². The zero-order valence-electron chi connectivity index (χ0n) is 8.32. The van der Waals surface area contributed by atoms with Crippen molar-refractivity contribution in [2.24, 2.45) is 0 Å². The molecule has 0 unspecified atom stereocenters. The number of anilines is 1. The standard InChI is InChI=1S/C10H13N3S/c1-13(2)6-10-12-8-4-3-7(11)5-9(8)14-10/h3-5H,6,11H2,1-2H3. The SMILES string of the molecule is CN(C)Cc1nc2ccc(N)cc2s1. The fraction of sp³-hybridized carbons (Fsp3) is 0.300. The maximum atomic E-state index is 5.70. The molecule has 1 aromatic heterocycles. The molecule has 2 N–H and O–H groups in total. The van der Waals surface area contributed by atoms with E-state index in [0.717, 1.165) is 22.8 Å². The highest BCUT2D eigenvalue weighted by Crippen LogP contribution is 2.24. The third-order valence-corrected chi connectivity index (χ3v) is 2.91. The van der Waals surface area contributed by atoms with Crippen molar-refractivity contribution >= 4 is 27.2 Å². The maximum Gasteiger partial charge on any atom is 0.108 e. The average molecular weight is 207 g/mol. The third kappa shape index (κ3) is 1.86. The molecule has 3 nitrogen and oxygen atoms in total. The van der Waals surface area contributed by atoms with Gasteiger partial charge in [-0.1, -0.05) is 0 Å². The van der Waals surface area contributed by atoms with E-state index in [9.17, 15) is 0 Å². The number of hydrogen-bond donors (Lipinski definition) is 1. The second-order valence-electron chi connectivity index (χ2n) is 3.57. The number of nitrogens with zero attached hydrogens (tertiary/aromatic N) is 2. The van der Waals surface area contributed by atoms with Gasteiger partial charge in [-0.15, -0.1) is 11.3 Å². The van der Waals surface area contributed by atoms with Gasteiger partial charge in [0.15, 0.2) is 0 Å². The summed E-state index contributed by atoms with van der Waals surface area (Å²) in [6.07, 6.45) is 0. The largest absolute Gasteiger partial charge is 0.399 e. The summed E-state index contributed by atoms with van der Waals surface area (Å²) < 4.78 is 1.17. The van der Waals surface area contributed by atoms with Crippen molar-refractivity contribution in [3.05, 3.63) is 23.2 Å². The van der Waals surface area contributed by atoms with Gasteiger partial charge in [0.2, 0.25) is 0 Å². The number of rotatable bonds is 2. The Morgan fingerprint density at radius 3 is 2.93 bits per heavy atom. The van der Waals surface area contributed by atoms with Gasteiger partial charge in [0.05, 0.1) is 10.2 Å². The number of thiazole rings is 1. The molecule has 0 spiro atoms. The molecule has 0 amide bonds. The lowest BCUT2D eigenvalue weighted by Crippen LogP contribution is -2.09. The summed E-state index contributed by atoms with van der Waals surface area (Å²) in [5.41, 5.74) is 7.55. The minimum Gasteiger partial charge on any atom is -0.399 e. The van der Waals surface area contributed by atoms with Crippen molar-refractivity contribution in [2.45, 2.75) is 6.54 Å². The minimum atomic E-state index is 0.803. The number of hydrogen-bond acceptors (Lipinski definition) is 4. The van der Waals surface area contributed by atoms with Crippen LogP contribution in [-0.4, -0.2) is 24.0 Å². The van der Waals surface area contributed by atoms with Crippen molar-refractivity contribution in [3.8, 4) is 0 Å². The lowest BCUT2D eigenvalue weighted by Gasteiger charge is -2.04. The summed E-state index contributed by atoms with van der Waals surface area (Å²) in [6, 6.07) is 5.84. The first-order valence-electron chi connectivity index (χ1n) is 4.45. The number of aromatic nitrogens is 1. The second-order valence-corrected chi connectivity index (χ2v) is 4.69. The first-order chi connectivity index (χ1) is 6.65. The van der Waals surface area contributed by atoms with Crippen LogP contribution in [0.1, 0.15) is 5.01 Å². The maximum absolute atomic E-state index is 5.70. The van der Waals surface area contributed by atoms with Crippen LogP contribution in [-0.2, 0) is 6.54 Å². The Bertz CT molecular complexity index is 448. The molecule has 4 heteroatoms. The molecule has 0 atom stereocenters. The minimum absolute atomic E-state index is 0.803. The van der Waals surface area contributed by atoms with E-state index >= 15 is 0 Å². The topological polar surface area (TPSA) is 42.2 Å². The van der Waals surface area contributed by atoms with Gasteiger partial charge in [0, 0.05) is 12.2 Å². The Morgan fingerprint density at radius 1 is 1.43 bits per heavy atom. The van der Waals surface area contributed by atoms with Crippen molar-refractivity contribution in [1.29, 1.82) is 0 Å². The molecule has 2 aromatic rings. The highest BCUT2D eigenvalue weighted by molar-refractivity contribution is 7.18. The summed E-state index contributed by atoms with van der Waals surface area (Å²) >= 11 is 1.71. The van der Waals surface area contributed by atoms with Gasteiger partial charge in [-0.2, -0.15) is 0 Å². The Hall–Kier alpha value is -1.13. The molecular weight excluding hydrogens is 194 g/mol. The summed E-state index contributed by atoms with van der Waals surface area (Å²) in [6.45, 7) is 0.888. The van der Waals surface area contributed by atoms with E-state index in [0.29, 0.717) is 0 Å². The molecule has 0 aliphatic carbocycles. The van der Waals surface area contributed by atoms with Crippen LogP contribution in [0.2, 0.25) is 0 Å². The van der Waals surface area contributed by atoms with E-state index < -0.39 is 0 Å². The monoisotopic (exact) mass is 207 g/mol. The third-order valence-electron chi connectivity index (χ3n) is 1.91. The van der Waals surface area contributed by atoms with Gasteiger partial charge in [-0.3, -0.25) is 0 Å². The summed E-state index contributed by atoms with van der Waals surface area (Å²) in [4.78, 5) is 6.63. The van der Waals surface area contributed by atoms with Crippen LogP contribution in [0, 0.1) is 0 Å². The molecule has 0 radical (unpaired) electrons. The molecule has 1 heterocycles. The first kappa shape index (κ1) is 9.43. The number of nitrogen functional groups attached to an aromatic ring is 1. The van der Waals surface area contributed by atoms with Crippen molar-refractivity contribution in [2.75, 3.05) is 19.8 Å². The molecule has 2 rings (SSSR count). The van der Waals surface area contributed by atoms with E-state index in [-0.39, 0.29) is 0 Å². The fourth-order valence-electron chi connectivity index (χ4n) is 1.33. The highest BCUT2D eigenvalue weighted by atomic mass is 32.1. The fourth-order valence-corrected chi connectivity index (χ4v) is 2.46. The zero-order valence-corrected chi connectivity index (χ0v) is 9.14. The molecule has 14 heavy (non-hydrogen) atoms. The number of benzene rings is 1. The molecule has 74 valence electrons. The molecule has 0 saturated heterocycles. The summed E-state index contributed by atoms with van der Waals surface area (Å²) in [7, 11) is 4.08. The van der Waals surface area contributed by atoms with Crippen molar-refractivity contribution in [1.82, 2.24) is 9.88 Å². The van der Waals surface area contributed by atoms with Crippen molar-refractivity contribution in [3.63, 3.8) is 0 Å².